The first-order chi connectivity index (χ1) is 12.1. The van der Waals surface area contributed by atoms with Gasteiger partial charge >= 0.3 is 21.6 Å². The number of nitrogens with one attached hydrogen (secondary N) is 3. The van der Waals surface area contributed by atoms with Gasteiger partial charge in [0.05, 0.1) is 0 Å². The molecule has 25 heavy (non-hydrogen) atoms. The Labute approximate surface area is 153 Å². The first-order valence-corrected chi connectivity index (χ1v) is 8.34. The second-order valence-electron chi connectivity index (χ2n) is 5.20. The molecule has 0 aliphatic heterocycles. The van der Waals surface area contributed by atoms with Crippen LogP contribution in [0.15, 0.2) is 12.6 Å². The van der Waals surface area contributed by atoms with Crippen LogP contribution in [0.5, 0.6) is 0 Å². The fourth-order valence-corrected chi connectivity index (χ4v) is 2.17. The molecule has 9 nitrogen and oxygen atoms in total. The third-order valence-electron chi connectivity index (χ3n) is 3.58. The van der Waals surface area contributed by atoms with Crippen LogP contribution in [0.25, 0.3) is 0 Å². The summed E-state index contributed by atoms with van der Waals surface area (Å²) < 4.78 is 25.7. The Morgan fingerprint density at radius 3 is 1.44 bits per heavy atom. The van der Waals surface area contributed by atoms with Gasteiger partial charge in [0.15, 0.2) is 0 Å². The second kappa shape index (κ2) is 17.0. The van der Waals surface area contributed by atoms with Crippen LogP contribution in [-0.2, 0) is 23.3 Å². The minimum atomic E-state index is -0.400. The van der Waals surface area contributed by atoms with Crippen LogP contribution in [0, 0.1) is 0 Å². The Bertz CT molecular complexity index is 297. The molecule has 0 spiro atoms. The summed E-state index contributed by atoms with van der Waals surface area (Å²) in [7, 11) is 7.11. The van der Waals surface area contributed by atoms with Gasteiger partial charge in [-0.3, -0.25) is 4.90 Å². The molecule has 0 heterocycles. The van der Waals surface area contributed by atoms with E-state index in [1.165, 1.54) is 0 Å². The molecule has 0 aliphatic rings. The molecule has 0 rings (SSSR count). The van der Waals surface area contributed by atoms with Gasteiger partial charge in [-0.1, -0.05) is 5.98 Å². The van der Waals surface area contributed by atoms with Gasteiger partial charge in [-0.05, 0) is 6.54 Å². The van der Waals surface area contributed by atoms with Crippen molar-refractivity contribution in [1.82, 2.24) is 20.6 Å². The molecule has 144 valence electrons. The van der Waals surface area contributed by atoms with Crippen molar-refractivity contribution in [2.45, 2.75) is 0 Å². The Morgan fingerprint density at radius 2 is 1.12 bits per heavy atom. The molecule has 0 saturated carbocycles. The molecule has 0 unspecified atom stereocenters. The van der Waals surface area contributed by atoms with Crippen molar-refractivity contribution in [2.24, 2.45) is 0 Å². The third kappa shape index (κ3) is 12.5. The molecule has 3 N–H and O–H groups in total. The highest BCUT2D eigenvalue weighted by Crippen LogP contribution is 1.89. The molecule has 0 aromatic heterocycles. The van der Waals surface area contributed by atoms with Gasteiger partial charge in [-0.25, -0.2) is 0 Å². The SMILES string of the molecule is C=CB(NCCN(CCNB(OC)OC)CCNB(OC)OC)OC. The van der Waals surface area contributed by atoms with Crippen molar-refractivity contribution >= 4 is 21.6 Å². The fourth-order valence-electron chi connectivity index (χ4n) is 2.17. The van der Waals surface area contributed by atoms with E-state index in [4.69, 9.17) is 23.3 Å². The highest BCUT2D eigenvalue weighted by molar-refractivity contribution is 6.54. The van der Waals surface area contributed by atoms with Crippen LogP contribution in [-0.4, -0.2) is 101 Å². The van der Waals surface area contributed by atoms with E-state index in [1.54, 1.807) is 41.5 Å². The van der Waals surface area contributed by atoms with Crippen LogP contribution >= 0.6 is 0 Å². The molecule has 0 bridgehead atoms. The van der Waals surface area contributed by atoms with Crippen LogP contribution in [0.4, 0.5) is 0 Å². The van der Waals surface area contributed by atoms with Crippen LogP contribution in [0.2, 0.25) is 0 Å². The number of hydrogen-bond acceptors (Lipinski definition) is 9. The lowest BCUT2D eigenvalue weighted by Gasteiger charge is -2.24. The topological polar surface area (TPSA) is 85.5 Å². The number of hydrogen-bond donors (Lipinski definition) is 3. The van der Waals surface area contributed by atoms with Crippen molar-refractivity contribution in [3.63, 3.8) is 0 Å². The molecule has 0 radical (unpaired) electrons. The van der Waals surface area contributed by atoms with Crippen molar-refractivity contribution in [1.29, 1.82) is 0 Å². The molecule has 0 aromatic rings. The van der Waals surface area contributed by atoms with Gasteiger partial charge in [0.2, 0.25) is 0 Å². The van der Waals surface area contributed by atoms with E-state index < -0.39 is 14.5 Å². The van der Waals surface area contributed by atoms with Gasteiger partial charge in [0.1, 0.15) is 0 Å². The summed E-state index contributed by atoms with van der Waals surface area (Å²) in [5.74, 6) is 1.73. The van der Waals surface area contributed by atoms with Crippen LogP contribution in [0.1, 0.15) is 0 Å². The van der Waals surface area contributed by atoms with Crippen molar-refractivity contribution in [2.75, 3.05) is 74.8 Å². The van der Waals surface area contributed by atoms with E-state index in [2.05, 4.69) is 27.2 Å². The molecule has 0 amide bonds. The highest BCUT2D eigenvalue weighted by atomic mass is 16.6. The summed E-state index contributed by atoms with van der Waals surface area (Å²) >= 11 is 0. The normalized spacial score (nSPS) is 11.0. The predicted molar refractivity (Wildman–Crippen MR) is 103 cm³/mol. The lowest BCUT2D eigenvalue weighted by Crippen LogP contribution is -2.48. The van der Waals surface area contributed by atoms with Crippen LogP contribution in [0.3, 0.4) is 0 Å². The van der Waals surface area contributed by atoms with Gasteiger partial charge in [0, 0.05) is 68.3 Å². The monoisotopic (exact) mass is 358 g/mol. The van der Waals surface area contributed by atoms with E-state index >= 15 is 0 Å². The van der Waals surface area contributed by atoms with Gasteiger partial charge in [-0.2, -0.15) is 0 Å². The zero-order valence-corrected chi connectivity index (χ0v) is 16.2. The van der Waals surface area contributed by atoms with Crippen molar-refractivity contribution < 1.29 is 23.3 Å². The molecule has 0 saturated heterocycles. The van der Waals surface area contributed by atoms with E-state index in [-0.39, 0.29) is 7.05 Å². The molecule has 0 aliphatic carbocycles. The summed E-state index contributed by atoms with van der Waals surface area (Å²) in [4.78, 5) is 2.30. The van der Waals surface area contributed by atoms with Gasteiger partial charge in [-0.15, -0.1) is 6.58 Å². The summed E-state index contributed by atoms with van der Waals surface area (Å²) in [6, 6.07) is 0. The Balaban J connectivity index is 4.26. The smallest absolute Gasteiger partial charge is 0.421 e. The quantitative estimate of drug-likeness (QED) is 0.253. The second-order valence-corrected chi connectivity index (χ2v) is 5.20. The zero-order valence-electron chi connectivity index (χ0n) is 16.2. The fraction of sp³-hybridized carbons (Fsp3) is 0.846. The maximum Gasteiger partial charge on any atom is 0.554 e. The molecule has 12 heteroatoms. The third-order valence-corrected chi connectivity index (χ3v) is 3.58. The predicted octanol–water partition coefficient (Wildman–Crippen LogP) is -1.53. The van der Waals surface area contributed by atoms with E-state index in [0.717, 1.165) is 39.3 Å². The summed E-state index contributed by atoms with van der Waals surface area (Å²) in [6.07, 6.45) is 0. The summed E-state index contributed by atoms with van der Waals surface area (Å²) in [5, 5.41) is 9.62. The van der Waals surface area contributed by atoms with Gasteiger partial charge in [0.25, 0.3) is 0 Å². The minimum Gasteiger partial charge on any atom is -0.421 e. The molecular formula is C13H33B3N4O5. The maximum absolute atomic E-state index is 5.23. The summed E-state index contributed by atoms with van der Waals surface area (Å²) in [5.41, 5.74) is 0. The van der Waals surface area contributed by atoms with Gasteiger partial charge < -0.3 is 39.0 Å². The average molecular weight is 358 g/mol. The average Bonchev–Trinajstić information content (AvgIpc) is 2.65. The lowest BCUT2D eigenvalue weighted by atomic mass is 9.84. The number of rotatable bonds is 18. The zero-order chi connectivity index (χ0) is 18.9. The Hall–Kier alpha value is -0.425. The standard InChI is InChI=1S/C13H33B3N4O5/c1-7-14(21-2)17-8-11-20(12-9-18-15(22-3)23-4)13-10-19-16(24-5)25-6/h7,17-19H,1,8-13H2,2-6H3. The first kappa shape index (κ1) is 24.6. The molecule has 0 atom stereocenters. The Morgan fingerprint density at radius 1 is 0.720 bits per heavy atom. The molecule has 0 aromatic carbocycles. The minimum absolute atomic E-state index is 0.143. The summed E-state index contributed by atoms with van der Waals surface area (Å²) in [6.45, 7) is 8.50. The lowest BCUT2D eigenvalue weighted by molar-refractivity contribution is 0.242. The van der Waals surface area contributed by atoms with Crippen molar-refractivity contribution in [3.05, 3.63) is 12.6 Å². The Kier molecular flexibility index (Phi) is 16.7. The molecular weight excluding hydrogens is 325 g/mol. The van der Waals surface area contributed by atoms with E-state index in [0.29, 0.717) is 0 Å². The largest absolute Gasteiger partial charge is 0.554 e. The molecule has 0 fully saturated rings. The maximum atomic E-state index is 5.23. The number of nitrogens with zero attached hydrogens (tertiary/aromatic N) is 1. The van der Waals surface area contributed by atoms with Crippen molar-refractivity contribution in [3.8, 4) is 0 Å². The van der Waals surface area contributed by atoms with E-state index in [1.807, 2.05) is 0 Å². The first-order valence-electron chi connectivity index (χ1n) is 8.34. The van der Waals surface area contributed by atoms with Crippen LogP contribution < -0.4 is 15.7 Å². The highest BCUT2D eigenvalue weighted by Gasteiger charge is 2.17. The van der Waals surface area contributed by atoms with E-state index in [9.17, 15) is 0 Å².